The van der Waals surface area contributed by atoms with Gasteiger partial charge in [0.2, 0.25) is 35.4 Å². The molecule has 0 aromatic carbocycles. The molecule has 58 heteroatoms. The van der Waals surface area contributed by atoms with Crippen molar-refractivity contribution in [2.45, 2.75) is 171 Å². The number of nitrogens with zero attached hydrogens (tertiary/aromatic N) is 12. The van der Waals surface area contributed by atoms with Crippen molar-refractivity contribution in [3.8, 4) is 0 Å². The van der Waals surface area contributed by atoms with Crippen LogP contribution in [0.15, 0.2) is 94.7 Å². The predicted molar refractivity (Wildman–Crippen MR) is 474 cm³/mol. The van der Waals surface area contributed by atoms with Gasteiger partial charge in [-0.1, -0.05) is 0 Å². The number of fused-ring (bicyclic) bond motifs is 3. The van der Waals surface area contributed by atoms with Gasteiger partial charge in [-0.2, -0.15) is 0 Å². The molecule has 0 bridgehead atoms. The average molecular weight is 1990 g/mol. The molecule has 3 aliphatic carbocycles. The van der Waals surface area contributed by atoms with Crippen LogP contribution in [0.4, 0.5) is 28.8 Å². The van der Waals surface area contributed by atoms with Gasteiger partial charge in [0.25, 0.3) is 33.4 Å². The van der Waals surface area contributed by atoms with Crippen LogP contribution < -0.4 is 99.4 Å². The molecule has 18 rings (SSSR count). The molecule has 12 unspecified atom stereocenters. The van der Waals surface area contributed by atoms with Crippen LogP contribution in [0.25, 0.3) is 0 Å². The van der Waals surface area contributed by atoms with Crippen molar-refractivity contribution in [1.82, 2.24) is 119 Å². The summed E-state index contributed by atoms with van der Waals surface area (Å²) < 4.78 is 16.3. The van der Waals surface area contributed by atoms with E-state index in [1.165, 1.54) is 131 Å². The Morgan fingerprint density at radius 1 is 0.317 bits per heavy atom. The maximum absolute atomic E-state index is 12.6. The summed E-state index contributed by atoms with van der Waals surface area (Å²) in [6.07, 6.45) is 5.88. The fourth-order valence-electron chi connectivity index (χ4n) is 20.9. The van der Waals surface area contributed by atoms with Gasteiger partial charge < -0.3 is 59.3 Å². The first-order valence-electron chi connectivity index (χ1n) is 43.7. The number of esters is 2. The third-order valence-electron chi connectivity index (χ3n) is 29.3. The monoisotopic (exact) mass is 1990 g/mol. The molecule has 9 aliphatic heterocycles. The van der Waals surface area contributed by atoms with Gasteiger partial charge in [-0.25, -0.2) is 57.5 Å². The highest BCUT2D eigenvalue weighted by Crippen LogP contribution is 2.66. The minimum absolute atomic E-state index is 0.0105. The van der Waals surface area contributed by atoms with E-state index in [4.69, 9.17) is 9.47 Å². The number of hydrogen-bond acceptors (Lipinski definition) is 32. The number of ether oxygens (including phenoxy) is 2. The number of carbonyl (C=O) groups excluding carboxylic acids is 14. The zero-order chi connectivity index (χ0) is 105. The van der Waals surface area contributed by atoms with Gasteiger partial charge >= 0.3 is 94.2 Å². The van der Waals surface area contributed by atoms with Crippen molar-refractivity contribution < 1.29 is 107 Å². The van der Waals surface area contributed by atoms with Crippen LogP contribution in [-0.2, 0) is 96.7 Å². The van der Waals surface area contributed by atoms with E-state index in [2.05, 4.69) is 61.8 Å². The van der Waals surface area contributed by atoms with E-state index in [-0.39, 0.29) is 89.7 Å². The normalized spacial score (nSPS) is 27.4. The highest BCUT2D eigenvalue weighted by molar-refractivity contribution is 6.14. The van der Waals surface area contributed by atoms with Crippen LogP contribution in [0.1, 0.15) is 74.9 Å². The number of carbonyl (C=O) groups is 16. The molecule has 15 heterocycles. The Hall–Kier alpha value is -16.5. The van der Waals surface area contributed by atoms with Gasteiger partial charge in [-0.15, -0.1) is 0 Å². The Labute approximate surface area is 793 Å². The van der Waals surface area contributed by atoms with Crippen LogP contribution in [0, 0.1) is 97.7 Å². The van der Waals surface area contributed by atoms with Crippen molar-refractivity contribution in [2.75, 3.05) is 53.5 Å². The molecular formula is C84H100N24O34. The van der Waals surface area contributed by atoms with E-state index in [1.54, 1.807) is 41.5 Å². The second kappa shape index (κ2) is 37.4. The first-order valence-corrected chi connectivity index (χ1v) is 43.7. The molecule has 16 N–H and O–H groups in total. The summed E-state index contributed by atoms with van der Waals surface area (Å²) in [6.45, 7) is 17.7. The number of urea groups is 6. The molecule has 12 atom stereocenters. The number of hydrogen-bond donors (Lipinski definition) is 16. The van der Waals surface area contributed by atoms with Crippen molar-refractivity contribution >= 4 is 95.5 Å². The third-order valence-corrected chi connectivity index (χ3v) is 29.3. The molecule has 12 fully saturated rings. The number of methoxy groups -OCH3 is 2. The Morgan fingerprint density at radius 2 is 0.514 bits per heavy atom. The number of imide groups is 6. The van der Waals surface area contributed by atoms with Crippen LogP contribution in [0.3, 0.4) is 0 Å². The average Bonchev–Trinajstić information content (AvgIpc) is 1.13. The fraction of sp³-hybridized carbons (Fsp3) is 0.524. The Kier molecular flexibility index (Phi) is 27.1. The number of aliphatic carboxylic acids is 2. The Bertz CT molecular complexity index is 6860. The van der Waals surface area contributed by atoms with Crippen LogP contribution in [0.5, 0.6) is 0 Å². The lowest BCUT2D eigenvalue weighted by atomic mass is 9.42. The van der Waals surface area contributed by atoms with Crippen molar-refractivity contribution in [3.63, 3.8) is 0 Å². The lowest BCUT2D eigenvalue weighted by Gasteiger charge is -2.70. The van der Waals surface area contributed by atoms with Gasteiger partial charge in [0.05, 0.1) is 145 Å². The van der Waals surface area contributed by atoms with E-state index in [0.717, 1.165) is 18.3 Å². The van der Waals surface area contributed by atoms with Crippen molar-refractivity contribution in [2.24, 2.45) is 56.2 Å². The number of rotatable bonds is 16. The maximum Gasteiger partial charge on any atom is 0.328 e. The van der Waals surface area contributed by atoms with Gasteiger partial charge in [0.1, 0.15) is 0 Å². The fourth-order valence-corrected chi connectivity index (χ4v) is 20.9. The minimum Gasteiger partial charge on any atom is -0.481 e. The van der Waals surface area contributed by atoms with Gasteiger partial charge in [0, 0.05) is 123 Å². The van der Waals surface area contributed by atoms with E-state index in [0.29, 0.717) is 22.3 Å². The number of aromatic nitrogens is 12. The number of aliphatic hydroxyl groups is 2. The second-order valence-corrected chi connectivity index (χ2v) is 37.5. The topological polar surface area (TPSA) is 793 Å². The second-order valence-electron chi connectivity index (χ2n) is 37.5. The Morgan fingerprint density at radius 3 is 0.711 bits per heavy atom. The number of nitrogens with one attached hydrogen (secondary N) is 12. The molecule has 12 aliphatic rings. The standard InChI is InChI=1S/2C15H18N4O6.2C14H16N4O6.2C13H16N4O5/c1-14-7-8-15(14,2)11(22)17-13(24)19(8)5-6(9(20)25-3)4-18(7)12(23)16-10(14)21;1-8-4-18(14(23)16-11(8)20)6-10(13(22)25-3)7-19-5-9(2)12(21)17-15(19)24;1-13-6-7-14(13,2)10(22)16-12(24)18(7)4-5(8(19)20)3-17(6)11(23)15-9(13)21;1-7-3-17(13(23)15-10(7)19)5-9(12(21)22)6-18-4-8(2)11(20)16-14(18)24;1-12-6-7-13(12,2)9(20)15-11(22)17(7)4-5(18)3-16(6)10(21)14-8(12)19;1-7-3-16(12(21)14-10(7)19)5-9(18)6-17-4-8(2)11(20)15-13(17)22/h6-8H,4-5H2,1-3H3,(H,16,21,23)(H,17,22,24);4-5,10H,6-7H2,1-3H3,(H,16,20,23)(H,17,21,24);5-7H,3-4H2,1-2H3,(H,19,20)(H,15,21,23)(H,16,22,24);3-4,9H,5-6H2,1-2H3,(H,21,22)(H,15,19,23)(H,16,20,24);5-7,18H,3-4H2,1-2H3,(H,14,19,21)(H,15,20,22);3-4,9,18H,5-6H2,1-2H3,(H,14,19,21)(H,15,20,22). The SMILES string of the molecule is CC12C(=O)NC(=O)N3CC(C(=O)O)CN4C(=O)NC(=O)C1(C)C4C32.CC12C(=O)NC(=O)N3CC(O)CN4C(=O)NC(=O)C1(C)C4C32.COC(=O)C(Cn1cc(C)c(=O)[nH]c1=O)Cn1cc(C)c(=O)[nH]c1=O.COC(=O)C1CN2C(=O)NC(=O)C3(C)C2C2N(C1)C(=O)NC(=O)C23C.Cc1cn(CC(Cn2cc(C)c(=O)[nH]c2=O)C(=O)O)c(=O)[nH]c1=O.Cc1cn(CC(O)Cn2cc(C)c(=O)[nH]c2=O)c(=O)[nH]c1=O. The van der Waals surface area contributed by atoms with Gasteiger partial charge in [-0.05, 0) is 83.1 Å². The first kappa shape index (κ1) is 103. The van der Waals surface area contributed by atoms with Crippen LogP contribution in [0.2, 0.25) is 0 Å². The molecule has 58 nitrogen and oxygen atoms in total. The largest absolute Gasteiger partial charge is 0.481 e. The molecule has 6 aromatic rings. The van der Waals surface area contributed by atoms with Gasteiger partial charge in [-0.3, -0.25) is 166 Å². The smallest absolute Gasteiger partial charge is 0.328 e. The maximum atomic E-state index is 12.6. The molecule has 0 radical (unpaired) electrons. The third kappa shape index (κ3) is 17.0. The summed E-state index contributed by atoms with van der Waals surface area (Å²) in [4.78, 5) is 355. The lowest BCUT2D eigenvalue weighted by Crippen LogP contribution is -2.90. The number of aliphatic hydroxyl groups excluding tert-OH is 2. The minimum atomic E-state index is -1.23. The zero-order valence-corrected chi connectivity index (χ0v) is 78.3. The lowest BCUT2D eigenvalue weighted by molar-refractivity contribution is -0.209. The number of carboxylic acids is 2. The van der Waals surface area contributed by atoms with Crippen molar-refractivity contribution in [3.05, 3.63) is 196 Å². The molecule has 6 aromatic heterocycles. The molecule has 9 saturated heterocycles. The summed E-state index contributed by atoms with van der Waals surface area (Å²) in [6, 6.07) is -7.77. The number of aromatic amines is 6. The van der Waals surface area contributed by atoms with Crippen LogP contribution in [-0.4, -0.2) is 305 Å². The summed E-state index contributed by atoms with van der Waals surface area (Å²) in [5.74, 6) is -10.6. The highest BCUT2D eigenvalue weighted by Gasteiger charge is 2.85. The highest BCUT2D eigenvalue weighted by atomic mass is 16.5. The quantitative estimate of drug-likeness (QED) is 0.0400. The summed E-state index contributed by atoms with van der Waals surface area (Å²) in [7, 11) is 2.42. The number of carboxylic acid groups (broad SMARTS) is 2. The summed E-state index contributed by atoms with van der Waals surface area (Å²) >= 11 is 0. The van der Waals surface area contributed by atoms with Crippen molar-refractivity contribution in [1.29, 1.82) is 0 Å². The zero-order valence-electron chi connectivity index (χ0n) is 78.3. The molecule has 760 valence electrons. The number of H-pyrrole nitrogens is 6. The van der Waals surface area contributed by atoms with E-state index in [1.807, 2.05) is 0 Å². The molecule has 18 amide bonds. The predicted octanol–water partition coefficient (Wildman–Crippen LogP) is -9.59. The molecule has 0 spiro atoms. The summed E-state index contributed by atoms with van der Waals surface area (Å²) in [5, 5.41) is 52.4. The van der Waals surface area contributed by atoms with Crippen LogP contribution >= 0.6 is 0 Å². The first-order chi connectivity index (χ1) is 66.2. The molecule has 142 heavy (non-hydrogen) atoms. The van der Waals surface area contributed by atoms with Gasteiger partial charge in [0.15, 0.2) is 0 Å². The number of aryl methyl sites for hydroxylation is 6. The van der Waals surface area contributed by atoms with E-state index >= 15 is 0 Å². The number of amides is 18. The molecular weight excluding hydrogens is 1890 g/mol. The van der Waals surface area contributed by atoms with E-state index in [9.17, 15) is 155 Å². The van der Waals surface area contributed by atoms with E-state index < -0.39 is 268 Å². The Balaban J connectivity index is 0.000000143. The summed E-state index contributed by atoms with van der Waals surface area (Å²) in [5.41, 5.74) is -12.5. The molecule has 3 saturated carbocycles.